The smallest absolute Gasteiger partial charge is 0.409 e. The number of hydrogen-bond acceptors (Lipinski definition) is 3. The fourth-order valence-electron chi connectivity index (χ4n) is 4.03. The fraction of sp³-hybridized carbons (Fsp3) is 0.250. The van der Waals surface area contributed by atoms with Crippen molar-refractivity contribution >= 4 is 44.4 Å². The van der Waals surface area contributed by atoms with E-state index in [1.807, 2.05) is 60.7 Å². The quantitative estimate of drug-likeness (QED) is 0.553. The predicted molar refractivity (Wildman–Crippen MR) is 122 cm³/mol. The van der Waals surface area contributed by atoms with E-state index in [2.05, 4.69) is 21.2 Å². The lowest BCUT2D eigenvalue weighted by atomic mass is 9.81. The van der Waals surface area contributed by atoms with Gasteiger partial charge in [0.15, 0.2) is 5.54 Å². The first-order valence-corrected chi connectivity index (χ1v) is 10.5. The Morgan fingerprint density at radius 3 is 2.47 bits per heavy atom. The number of nitrogens with one attached hydrogen (secondary N) is 1. The summed E-state index contributed by atoms with van der Waals surface area (Å²) in [5, 5.41) is 4.83. The largest absolute Gasteiger partial charge is 0.444 e. The van der Waals surface area contributed by atoms with Gasteiger partial charge in [-0.05, 0) is 55.3 Å². The number of alkyl carbamates (subject to hydrolysis) is 1. The molecule has 3 aromatic carbocycles. The second-order valence-electron chi connectivity index (χ2n) is 8.43. The topological polar surface area (TPSA) is 58.6 Å². The molecule has 0 fully saturated rings. The van der Waals surface area contributed by atoms with Crippen molar-refractivity contribution in [3.05, 3.63) is 76.3 Å². The number of benzene rings is 3. The molecule has 0 saturated heterocycles. The molecule has 3 aromatic rings. The van der Waals surface area contributed by atoms with E-state index >= 15 is 0 Å². The lowest BCUT2D eigenvalue weighted by Crippen LogP contribution is -2.54. The van der Waals surface area contributed by atoms with Crippen molar-refractivity contribution < 1.29 is 14.3 Å². The lowest BCUT2D eigenvalue weighted by Gasteiger charge is -2.32. The maximum absolute atomic E-state index is 13.8. The molecule has 1 N–H and O–H groups in total. The molecule has 0 saturated carbocycles. The van der Waals surface area contributed by atoms with Gasteiger partial charge in [-0.15, -0.1) is 0 Å². The van der Waals surface area contributed by atoms with Crippen LogP contribution in [0.4, 0.5) is 10.5 Å². The highest BCUT2D eigenvalue weighted by Crippen LogP contribution is 2.46. The van der Waals surface area contributed by atoms with Gasteiger partial charge < -0.3 is 9.64 Å². The summed E-state index contributed by atoms with van der Waals surface area (Å²) in [7, 11) is 1.72. The molecule has 1 heterocycles. The van der Waals surface area contributed by atoms with Crippen LogP contribution in [0.3, 0.4) is 0 Å². The third kappa shape index (κ3) is 3.25. The summed E-state index contributed by atoms with van der Waals surface area (Å²) >= 11 is 3.52. The zero-order chi connectivity index (χ0) is 21.7. The highest BCUT2D eigenvalue weighted by molar-refractivity contribution is 9.10. The molecular weight excluding hydrogens is 444 g/mol. The Balaban J connectivity index is 2.01. The van der Waals surface area contributed by atoms with E-state index in [4.69, 9.17) is 4.74 Å². The first kappa shape index (κ1) is 20.4. The van der Waals surface area contributed by atoms with Gasteiger partial charge in [0.05, 0.1) is 0 Å². The molecule has 1 aliphatic rings. The van der Waals surface area contributed by atoms with Crippen LogP contribution >= 0.6 is 15.9 Å². The second-order valence-corrected chi connectivity index (χ2v) is 9.34. The summed E-state index contributed by atoms with van der Waals surface area (Å²) < 4.78 is 6.37. The average molecular weight is 467 g/mol. The molecule has 0 spiro atoms. The van der Waals surface area contributed by atoms with E-state index in [0.29, 0.717) is 11.1 Å². The van der Waals surface area contributed by atoms with Crippen LogP contribution in [0.5, 0.6) is 0 Å². The van der Waals surface area contributed by atoms with E-state index in [1.54, 1.807) is 32.7 Å². The summed E-state index contributed by atoms with van der Waals surface area (Å²) in [6, 6.07) is 19.3. The first-order chi connectivity index (χ1) is 14.1. The first-order valence-electron chi connectivity index (χ1n) is 9.71. The van der Waals surface area contributed by atoms with Gasteiger partial charge in [0.1, 0.15) is 5.60 Å². The normalized spacial score (nSPS) is 18.4. The summed E-state index contributed by atoms with van der Waals surface area (Å²) in [4.78, 5) is 28.3. The zero-order valence-electron chi connectivity index (χ0n) is 17.3. The van der Waals surface area contributed by atoms with Crippen molar-refractivity contribution in [1.82, 2.24) is 5.32 Å². The summed E-state index contributed by atoms with van der Waals surface area (Å²) in [5.74, 6) is -0.238. The number of nitrogens with zero attached hydrogens (tertiary/aromatic N) is 1. The Labute approximate surface area is 184 Å². The van der Waals surface area contributed by atoms with E-state index in [1.165, 1.54) is 0 Å². The molecule has 1 unspecified atom stereocenters. The van der Waals surface area contributed by atoms with E-state index in [9.17, 15) is 9.59 Å². The van der Waals surface area contributed by atoms with Gasteiger partial charge in [-0.25, -0.2) is 4.79 Å². The number of likely N-dealkylation sites (N-methyl/N-ethyl adjacent to an activating group) is 1. The highest BCUT2D eigenvalue weighted by Gasteiger charge is 2.53. The van der Waals surface area contributed by atoms with Crippen molar-refractivity contribution in [2.45, 2.75) is 31.9 Å². The molecule has 1 aliphatic heterocycles. The molecule has 0 bridgehead atoms. The lowest BCUT2D eigenvalue weighted by molar-refractivity contribution is -0.122. The fourth-order valence-corrected chi connectivity index (χ4v) is 4.40. The summed E-state index contributed by atoms with van der Waals surface area (Å²) in [5.41, 5.74) is 0.0494. The number of carbonyl (C=O) groups is 2. The maximum atomic E-state index is 13.8. The molecule has 2 amide bonds. The Morgan fingerprint density at radius 2 is 1.73 bits per heavy atom. The number of fused-ring (bicyclic) bond motifs is 2. The number of halogens is 1. The molecular formula is C24H23BrN2O3. The molecule has 6 heteroatoms. The van der Waals surface area contributed by atoms with Gasteiger partial charge in [0.25, 0.3) is 5.91 Å². The Bertz CT molecular complexity index is 1160. The molecule has 0 radical (unpaired) electrons. The number of hydrogen-bond donors (Lipinski definition) is 1. The molecule has 1 atom stereocenters. The van der Waals surface area contributed by atoms with Crippen LogP contribution in [0.15, 0.2) is 65.1 Å². The Kier molecular flexibility index (Phi) is 4.85. The van der Waals surface area contributed by atoms with Crippen molar-refractivity contribution in [2.75, 3.05) is 11.9 Å². The van der Waals surface area contributed by atoms with Crippen LogP contribution in [0, 0.1) is 0 Å². The highest BCUT2D eigenvalue weighted by atomic mass is 79.9. The summed E-state index contributed by atoms with van der Waals surface area (Å²) in [6.45, 7) is 5.39. The number of carbonyl (C=O) groups excluding carboxylic acids is 2. The van der Waals surface area contributed by atoms with Crippen LogP contribution in [-0.2, 0) is 15.1 Å². The van der Waals surface area contributed by atoms with E-state index in [-0.39, 0.29) is 5.91 Å². The van der Waals surface area contributed by atoms with E-state index in [0.717, 1.165) is 20.9 Å². The van der Waals surface area contributed by atoms with Crippen LogP contribution in [0.25, 0.3) is 10.8 Å². The zero-order valence-corrected chi connectivity index (χ0v) is 18.9. The van der Waals surface area contributed by atoms with Crippen molar-refractivity contribution in [2.24, 2.45) is 0 Å². The van der Waals surface area contributed by atoms with E-state index < -0.39 is 17.2 Å². The minimum absolute atomic E-state index is 0.238. The molecule has 4 rings (SSSR count). The van der Waals surface area contributed by atoms with Gasteiger partial charge in [-0.1, -0.05) is 58.4 Å². The van der Waals surface area contributed by atoms with Crippen molar-refractivity contribution in [3.63, 3.8) is 0 Å². The number of amides is 2. The third-order valence-electron chi connectivity index (χ3n) is 5.23. The van der Waals surface area contributed by atoms with Crippen LogP contribution < -0.4 is 10.2 Å². The van der Waals surface area contributed by atoms with Crippen molar-refractivity contribution in [3.8, 4) is 0 Å². The second kappa shape index (κ2) is 7.13. The van der Waals surface area contributed by atoms with Crippen LogP contribution in [0.2, 0.25) is 0 Å². The Morgan fingerprint density at radius 1 is 1.03 bits per heavy atom. The van der Waals surface area contributed by atoms with Gasteiger partial charge in [-0.3, -0.25) is 10.1 Å². The Hall–Kier alpha value is -2.86. The predicted octanol–water partition coefficient (Wildman–Crippen LogP) is 5.35. The van der Waals surface area contributed by atoms with Gasteiger partial charge in [0.2, 0.25) is 0 Å². The minimum Gasteiger partial charge on any atom is -0.444 e. The number of rotatable bonds is 2. The monoisotopic (exact) mass is 466 g/mol. The number of anilines is 1. The molecule has 0 aliphatic carbocycles. The van der Waals surface area contributed by atoms with Gasteiger partial charge >= 0.3 is 6.09 Å². The molecule has 5 nitrogen and oxygen atoms in total. The van der Waals surface area contributed by atoms with Crippen LogP contribution in [-0.4, -0.2) is 24.6 Å². The molecule has 30 heavy (non-hydrogen) atoms. The van der Waals surface area contributed by atoms with Crippen molar-refractivity contribution in [1.29, 1.82) is 0 Å². The maximum Gasteiger partial charge on any atom is 0.409 e. The van der Waals surface area contributed by atoms with Gasteiger partial charge in [0, 0.05) is 22.8 Å². The van der Waals surface area contributed by atoms with Gasteiger partial charge in [-0.2, -0.15) is 0 Å². The average Bonchev–Trinajstić information content (AvgIpc) is 2.88. The summed E-state index contributed by atoms with van der Waals surface area (Å²) in [6.07, 6.45) is -0.648. The minimum atomic E-state index is -1.41. The standard InChI is InChI=1S/C24H23BrN2O3/c1-23(2,3)30-22(29)26-24(18-11-7-9-15-8-5-6-10-17(15)18)19-14-16(25)12-13-20(19)27(4)21(24)28/h5-14H,1-4H3,(H,26,29). The molecule has 154 valence electrons. The van der Waals surface area contributed by atoms with Crippen LogP contribution in [0.1, 0.15) is 31.9 Å². The molecule has 0 aromatic heterocycles. The number of ether oxygens (including phenoxy) is 1. The SMILES string of the molecule is CN1C(=O)C(NC(=O)OC(C)(C)C)(c2cccc3ccccc23)c2cc(Br)ccc21. The third-order valence-corrected chi connectivity index (χ3v) is 5.72.